The van der Waals surface area contributed by atoms with E-state index in [-0.39, 0.29) is 23.9 Å². The number of nitrogens with one attached hydrogen (secondary N) is 2. The van der Waals surface area contributed by atoms with Gasteiger partial charge < -0.3 is 15.2 Å². The number of carbonyl (C=O) groups is 2. The fourth-order valence-corrected chi connectivity index (χ4v) is 3.38. The largest absolute Gasteiger partial charge is 0.346 e. The number of pyridine rings is 1. The number of aromatic nitrogens is 3. The number of hydrogen-bond donors (Lipinski definition) is 2. The van der Waals surface area contributed by atoms with Crippen LogP contribution in [0.4, 0.5) is 0 Å². The highest BCUT2D eigenvalue weighted by Crippen LogP contribution is 2.29. The van der Waals surface area contributed by atoms with Crippen molar-refractivity contribution in [1.82, 2.24) is 25.0 Å². The fraction of sp³-hybridized carbons (Fsp3) is 0.444. The van der Waals surface area contributed by atoms with Gasteiger partial charge in [-0.1, -0.05) is 6.42 Å². The van der Waals surface area contributed by atoms with E-state index in [1.54, 1.807) is 6.07 Å². The Morgan fingerprint density at radius 3 is 2.88 bits per heavy atom. The summed E-state index contributed by atoms with van der Waals surface area (Å²) in [5.74, 6) is 0.0219. The predicted molar refractivity (Wildman–Crippen MR) is 93.2 cm³/mol. The molecule has 1 aliphatic heterocycles. The number of rotatable bonds is 4. The highest BCUT2D eigenvalue weighted by molar-refractivity contribution is 5.93. The summed E-state index contributed by atoms with van der Waals surface area (Å²) >= 11 is 0. The summed E-state index contributed by atoms with van der Waals surface area (Å²) in [6.07, 6.45) is 4.64. The lowest BCUT2D eigenvalue weighted by molar-refractivity contribution is -0.139. The molecule has 0 unspecified atom stereocenters. The molecule has 0 bridgehead atoms. The second-order valence-electron chi connectivity index (χ2n) is 6.83. The van der Waals surface area contributed by atoms with Gasteiger partial charge in [-0.25, -0.2) is 0 Å². The molecule has 2 N–H and O–H groups in total. The summed E-state index contributed by atoms with van der Waals surface area (Å²) < 4.78 is 1.89. The summed E-state index contributed by atoms with van der Waals surface area (Å²) in [5, 5.41) is 7.21. The molecule has 0 radical (unpaired) electrons. The zero-order valence-electron chi connectivity index (χ0n) is 14.4. The van der Waals surface area contributed by atoms with Crippen molar-refractivity contribution in [3.8, 4) is 0 Å². The van der Waals surface area contributed by atoms with Gasteiger partial charge >= 0.3 is 0 Å². The van der Waals surface area contributed by atoms with Crippen molar-refractivity contribution < 1.29 is 9.59 Å². The first-order chi connectivity index (χ1) is 12.6. The van der Waals surface area contributed by atoms with Crippen LogP contribution in [0.2, 0.25) is 0 Å². The maximum absolute atomic E-state index is 12.4. The lowest BCUT2D eigenvalue weighted by atomic mass is 9.84. The first-order valence-electron chi connectivity index (χ1n) is 8.92. The van der Waals surface area contributed by atoms with E-state index in [0.29, 0.717) is 19.6 Å². The molecular weight excluding hydrogens is 334 g/mol. The predicted octanol–water partition coefficient (Wildman–Crippen LogP) is 0.644. The van der Waals surface area contributed by atoms with Crippen LogP contribution in [0.25, 0.3) is 0 Å². The van der Waals surface area contributed by atoms with Gasteiger partial charge in [0.15, 0.2) is 0 Å². The molecule has 2 aliphatic rings. The van der Waals surface area contributed by atoms with Crippen molar-refractivity contribution in [3.63, 3.8) is 0 Å². The number of aromatic amines is 1. The minimum atomic E-state index is -0.431. The number of H-pyrrole nitrogens is 1. The van der Waals surface area contributed by atoms with E-state index in [0.717, 1.165) is 30.7 Å². The number of nitrogens with zero attached hydrogens (tertiary/aromatic N) is 3. The van der Waals surface area contributed by atoms with Crippen LogP contribution >= 0.6 is 0 Å². The first-order valence-corrected chi connectivity index (χ1v) is 8.92. The average molecular weight is 355 g/mol. The quantitative estimate of drug-likeness (QED) is 0.841. The monoisotopic (exact) mass is 355 g/mol. The van der Waals surface area contributed by atoms with Gasteiger partial charge in [-0.2, -0.15) is 5.10 Å². The van der Waals surface area contributed by atoms with Crippen LogP contribution in [0.5, 0.6) is 0 Å². The summed E-state index contributed by atoms with van der Waals surface area (Å²) in [6, 6.07) is 5.01. The molecule has 0 atom stereocenters. The molecule has 8 heteroatoms. The maximum Gasteiger partial charge on any atom is 0.260 e. The third-order valence-electron chi connectivity index (χ3n) is 5.11. The average Bonchev–Trinajstić information content (AvgIpc) is 3.00. The Labute approximate surface area is 150 Å². The highest BCUT2D eigenvalue weighted by atomic mass is 16.2. The van der Waals surface area contributed by atoms with Crippen molar-refractivity contribution in [1.29, 1.82) is 0 Å². The van der Waals surface area contributed by atoms with E-state index in [1.165, 1.54) is 12.3 Å². The van der Waals surface area contributed by atoms with Gasteiger partial charge in [-0.3, -0.25) is 19.1 Å². The second kappa shape index (κ2) is 6.78. The topological polar surface area (TPSA) is 100 Å². The van der Waals surface area contributed by atoms with Crippen molar-refractivity contribution in [2.45, 2.75) is 38.9 Å². The van der Waals surface area contributed by atoms with E-state index < -0.39 is 11.5 Å². The second-order valence-corrected chi connectivity index (χ2v) is 6.83. The Morgan fingerprint density at radius 2 is 2.15 bits per heavy atom. The molecule has 4 rings (SSSR count). The van der Waals surface area contributed by atoms with Crippen molar-refractivity contribution in [2.24, 2.45) is 5.92 Å². The Morgan fingerprint density at radius 1 is 1.31 bits per heavy atom. The molecule has 0 saturated heterocycles. The number of fused-ring (bicyclic) bond motifs is 1. The number of carbonyl (C=O) groups excluding carboxylic acids is 2. The van der Waals surface area contributed by atoms with Crippen LogP contribution in [0.15, 0.2) is 29.2 Å². The van der Waals surface area contributed by atoms with Gasteiger partial charge in [0.1, 0.15) is 5.56 Å². The van der Waals surface area contributed by atoms with Crippen LogP contribution in [0.1, 0.15) is 41.0 Å². The minimum Gasteiger partial charge on any atom is -0.346 e. The smallest absolute Gasteiger partial charge is 0.260 e. The maximum atomic E-state index is 12.4. The van der Waals surface area contributed by atoms with Gasteiger partial charge in [-0.05, 0) is 31.0 Å². The van der Waals surface area contributed by atoms with Crippen LogP contribution in [-0.4, -0.2) is 38.0 Å². The Balaban J connectivity index is 1.39. The Kier molecular flexibility index (Phi) is 4.32. The van der Waals surface area contributed by atoms with Gasteiger partial charge in [0, 0.05) is 18.7 Å². The molecule has 2 aromatic heterocycles. The van der Waals surface area contributed by atoms with Crippen LogP contribution in [-0.2, 0) is 24.4 Å². The van der Waals surface area contributed by atoms with Crippen LogP contribution in [0.3, 0.4) is 0 Å². The van der Waals surface area contributed by atoms with Gasteiger partial charge in [0.2, 0.25) is 5.91 Å². The van der Waals surface area contributed by atoms with Crippen molar-refractivity contribution >= 4 is 11.8 Å². The molecule has 0 spiro atoms. The summed E-state index contributed by atoms with van der Waals surface area (Å²) in [4.78, 5) is 40.6. The van der Waals surface area contributed by atoms with E-state index >= 15 is 0 Å². The van der Waals surface area contributed by atoms with E-state index in [2.05, 4.69) is 15.4 Å². The standard InChI is InChI=1S/C18H21N5O3/c24-16-15(5-2-6-19-16)17(25)20-10-13-9-14-11-22(7-8-23(14)21-13)18(26)12-3-1-4-12/h2,5-6,9,12H,1,3-4,7-8,10-11H2,(H,19,24)(H,20,25). The van der Waals surface area contributed by atoms with Gasteiger partial charge in [0.05, 0.1) is 31.0 Å². The molecule has 2 amide bonds. The molecule has 1 saturated carbocycles. The zero-order chi connectivity index (χ0) is 18.1. The summed E-state index contributed by atoms with van der Waals surface area (Å²) in [7, 11) is 0. The first kappa shape index (κ1) is 16.6. The molecule has 26 heavy (non-hydrogen) atoms. The Bertz CT molecular complexity index is 896. The van der Waals surface area contributed by atoms with Crippen molar-refractivity contribution in [3.05, 3.63) is 51.7 Å². The normalized spacial score (nSPS) is 16.7. The third-order valence-corrected chi connectivity index (χ3v) is 5.11. The number of amides is 2. The van der Waals surface area contributed by atoms with Crippen molar-refractivity contribution in [2.75, 3.05) is 6.54 Å². The molecule has 2 aromatic rings. The molecular formula is C18H21N5O3. The van der Waals surface area contributed by atoms with E-state index in [4.69, 9.17) is 0 Å². The Hall–Kier alpha value is -2.90. The lowest BCUT2D eigenvalue weighted by Crippen LogP contribution is -2.43. The molecule has 3 heterocycles. The molecule has 136 valence electrons. The highest BCUT2D eigenvalue weighted by Gasteiger charge is 2.31. The van der Waals surface area contributed by atoms with Crippen LogP contribution in [0, 0.1) is 5.92 Å². The van der Waals surface area contributed by atoms with Gasteiger partial charge in [0.25, 0.3) is 11.5 Å². The lowest BCUT2D eigenvalue weighted by Gasteiger charge is -2.34. The zero-order valence-corrected chi connectivity index (χ0v) is 14.4. The SMILES string of the molecule is O=C(NCc1cc2n(n1)CCN(C(=O)C1CCC1)C2)c1ccc[nH]c1=O. The third kappa shape index (κ3) is 3.14. The summed E-state index contributed by atoms with van der Waals surface area (Å²) in [5.41, 5.74) is 1.36. The number of hydrogen-bond acceptors (Lipinski definition) is 4. The van der Waals surface area contributed by atoms with Crippen LogP contribution < -0.4 is 10.9 Å². The molecule has 0 aromatic carbocycles. The minimum absolute atomic E-state index is 0.0775. The molecule has 1 fully saturated rings. The molecule has 1 aliphatic carbocycles. The molecule has 8 nitrogen and oxygen atoms in total. The van der Waals surface area contributed by atoms with E-state index in [1.807, 2.05) is 15.6 Å². The summed E-state index contributed by atoms with van der Waals surface area (Å²) in [6.45, 7) is 2.15. The van der Waals surface area contributed by atoms with E-state index in [9.17, 15) is 14.4 Å². The fourth-order valence-electron chi connectivity index (χ4n) is 3.38. The van der Waals surface area contributed by atoms with Gasteiger partial charge in [-0.15, -0.1) is 0 Å².